The standard InChI is InChI=1S/C12H27O3P.BrH.3H3N/c1-2-3-4-5-6-7-8-9-10-11-12-16(13,14)15;;;;/h2-12H2,1H3,(H2,13,14,15);1H;3*1H3. The van der Waals surface area contributed by atoms with Gasteiger partial charge in [-0.25, -0.2) is 0 Å². The Kier molecular flexibility index (Phi) is 35.4. The fraction of sp³-hybridized carbons (Fsp3) is 1.00. The maximum Gasteiger partial charge on any atom is 0.325 e. The molecule has 0 aliphatic carbocycles. The average Bonchev–Trinajstić information content (AvgIpc) is 2.19. The van der Waals surface area contributed by atoms with Crippen LogP contribution in [-0.4, -0.2) is 15.9 Å². The smallest absolute Gasteiger partial charge is 0.325 e. The van der Waals surface area contributed by atoms with Gasteiger partial charge in [0.1, 0.15) is 0 Å². The van der Waals surface area contributed by atoms with Crippen LogP contribution in [0.1, 0.15) is 71.1 Å². The molecule has 8 heteroatoms. The number of hydrogen-bond acceptors (Lipinski definition) is 4. The maximum atomic E-state index is 10.6. The molecule has 0 radical (unpaired) electrons. The van der Waals surface area contributed by atoms with E-state index in [1.807, 2.05) is 0 Å². The summed E-state index contributed by atoms with van der Waals surface area (Å²) in [7, 11) is -3.74. The molecule has 0 aromatic carbocycles. The molecule has 0 aromatic rings. The van der Waals surface area contributed by atoms with Crippen molar-refractivity contribution >= 4 is 24.6 Å². The van der Waals surface area contributed by atoms with Gasteiger partial charge >= 0.3 is 7.60 Å². The van der Waals surface area contributed by atoms with E-state index in [2.05, 4.69) is 6.92 Å². The summed E-state index contributed by atoms with van der Waals surface area (Å²) >= 11 is 0. The lowest BCUT2D eigenvalue weighted by Crippen LogP contribution is -1.88. The molecule has 0 heterocycles. The second-order valence-corrected chi connectivity index (χ2v) is 6.35. The summed E-state index contributed by atoms with van der Waals surface area (Å²) in [4.78, 5) is 17.3. The third-order valence-corrected chi connectivity index (χ3v) is 3.70. The summed E-state index contributed by atoms with van der Waals surface area (Å²) in [6.45, 7) is 2.22. The lowest BCUT2D eigenvalue weighted by molar-refractivity contribution is 0.370. The van der Waals surface area contributed by atoms with E-state index < -0.39 is 7.60 Å². The lowest BCUT2D eigenvalue weighted by Gasteiger charge is -2.03. The lowest BCUT2D eigenvalue weighted by atomic mass is 10.1. The summed E-state index contributed by atoms with van der Waals surface area (Å²) in [5, 5.41) is 0. The zero-order valence-electron chi connectivity index (χ0n) is 13.1. The van der Waals surface area contributed by atoms with Gasteiger partial charge in [-0.05, 0) is 6.42 Å². The van der Waals surface area contributed by atoms with Crippen LogP contribution in [0.3, 0.4) is 0 Å². The largest absolute Gasteiger partial charge is 0.344 e. The van der Waals surface area contributed by atoms with Crippen LogP contribution in [0, 0.1) is 0 Å². The topological polar surface area (TPSA) is 163 Å². The average molecular weight is 382 g/mol. The van der Waals surface area contributed by atoms with Crippen molar-refractivity contribution in [2.45, 2.75) is 71.1 Å². The zero-order chi connectivity index (χ0) is 12.3. The first-order valence-corrected chi connectivity index (χ1v) is 8.40. The molecule has 0 fully saturated rings. The van der Waals surface area contributed by atoms with Gasteiger partial charge < -0.3 is 28.2 Å². The maximum absolute atomic E-state index is 10.6. The van der Waals surface area contributed by atoms with E-state index in [-0.39, 0.29) is 41.6 Å². The van der Waals surface area contributed by atoms with E-state index in [4.69, 9.17) is 9.79 Å². The second-order valence-electron chi connectivity index (χ2n) is 4.57. The second kappa shape index (κ2) is 21.8. The molecule has 11 N–H and O–H groups in total. The molecule has 0 rings (SSSR count). The normalized spacial score (nSPS) is 9.55. The van der Waals surface area contributed by atoms with Crippen molar-refractivity contribution in [3.8, 4) is 0 Å². The van der Waals surface area contributed by atoms with E-state index in [1.165, 1.54) is 44.9 Å². The molecule has 0 saturated heterocycles. The Morgan fingerprint density at radius 1 is 0.700 bits per heavy atom. The van der Waals surface area contributed by atoms with Gasteiger partial charge in [-0.1, -0.05) is 64.7 Å². The summed E-state index contributed by atoms with van der Waals surface area (Å²) in [6.07, 6.45) is 12.0. The fourth-order valence-electron chi connectivity index (χ4n) is 1.81. The number of rotatable bonds is 11. The zero-order valence-corrected chi connectivity index (χ0v) is 15.7. The van der Waals surface area contributed by atoms with E-state index in [1.54, 1.807) is 0 Å². The molecule has 0 atom stereocenters. The van der Waals surface area contributed by atoms with Crippen LogP contribution in [-0.2, 0) is 4.57 Å². The third kappa shape index (κ3) is 31.1. The van der Waals surface area contributed by atoms with Crippen molar-refractivity contribution in [1.29, 1.82) is 0 Å². The van der Waals surface area contributed by atoms with E-state index in [0.717, 1.165) is 12.8 Å². The molecule has 0 unspecified atom stereocenters. The highest BCUT2D eigenvalue weighted by Crippen LogP contribution is 2.35. The van der Waals surface area contributed by atoms with Crippen molar-refractivity contribution < 1.29 is 14.4 Å². The van der Waals surface area contributed by atoms with Gasteiger partial charge in [-0.15, -0.1) is 17.0 Å². The Hall–Kier alpha value is 0.510. The van der Waals surface area contributed by atoms with E-state index in [9.17, 15) is 4.57 Å². The Bertz CT molecular complexity index is 206. The molecule has 6 nitrogen and oxygen atoms in total. The predicted molar refractivity (Wildman–Crippen MR) is 94.1 cm³/mol. The fourth-order valence-corrected chi connectivity index (χ4v) is 2.44. The molecule has 0 aliphatic rings. The van der Waals surface area contributed by atoms with E-state index in [0.29, 0.717) is 6.42 Å². The van der Waals surface area contributed by atoms with E-state index >= 15 is 0 Å². The molecule has 0 bridgehead atoms. The molecular weight excluding hydrogens is 345 g/mol. The molecule has 0 aliphatic heterocycles. The first kappa shape index (κ1) is 32.5. The molecule has 0 saturated carbocycles. The summed E-state index contributed by atoms with van der Waals surface area (Å²) in [6, 6.07) is 0. The van der Waals surface area contributed by atoms with Crippen LogP contribution in [0.4, 0.5) is 0 Å². The molecule has 20 heavy (non-hydrogen) atoms. The summed E-state index contributed by atoms with van der Waals surface area (Å²) in [5.41, 5.74) is 0. The van der Waals surface area contributed by atoms with Gasteiger partial charge in [-0.2, -0.15) is 0 Å². The van der Waals surface area contributed by atoms with Crippen molar-refractivity contribution in [3.63, 3.8) is 0 Å². The first-order valence-electron chi connectivity index (χ1n) is 6.61. The van der Waals surface area contributed by atoms with Crippen molar-refractivity contribution in [2.75, 3.05) is 6.16 Å². The van der Waals surface area contributed by atoms with Gasteiger partial charge in [0.15, 0.2) is 0 Å². The molecule has 0 amide bonds. The van der Waals surface area contributed by atoms with Gasteiger partial charge in [-0.3, -0.25) is 4.57 Å². The molecule has 0 spiro atoms. The monoisotopic (exact) mass is 381 g/mol. The van der Waals surface area contributed by atoms with Crippen LogP contribution >= 0.6 is 24.6 Å². The van der Waals surface area contributed by atoms with Gasteiger partial charge in [0.2, 0.25) is 0 Å². The minimum absolute atomic E-state index is 0. The first-order chi connectivity index (χ1) is 7.56. The Morgan fingerprint density at radius 3 is 1.30 bits per heavy atom. The van der Waals surface area contributed by atoms with Crippen LogP contribution in [0.5, 0.6) is 0 Å². The molecule has 0 aromatic heterocycles. The molecular formula is C12H37BrN3O3P. The van der Waals surface area contributed by atoms with Crippen LogP contribution in [0.15, 0.2) is 0 Å². The predicted octanol–water partition coefficient (Wildman–Crippen LogP) is 5.15. The minimum atomic E-state index is -3.74. The number of halogens is 1. The highest BCUT2D eigenvalue weighted by atomic mass is 79.9. The Balaban J connectivity index is -0.000000187. The highest BCUT2D eigenvalue weighted by molar-refractivity contribution is 8.93. The van der Waals surface area contributed by atoms with Crippen molar-refractivity contribution in [2.24, 2.45) is 0 Å². The van der Waals surface area contributed by atoms with Gasteiger partial charge in [0.05, 0.1) is 0 Å². The minimum Gasteiger partial charge on any atom is -0.344 e. The SMILES string of the molecule is Br.CCCCCCCCCCCCP(=O)(O)O.N.N.N. The number of hydrogen-bond donors (Lipinski definition) is 5. The van der Waals surface area contributed by atoms with Gasteiger partial charge in [0, 0.05) is 6.16 Å². The van der Waals surface area contributed by atoms with Crippen LogP contribution < -0.4 is 18.5 Å². The summed E-state index contributed by atoms with van der Waals surface area (Å²) < 4.78 is 10.6. The van der Waals surface area contributed by atoms with Crippen LogP contribution in [0.25, 0.3) is 0 Å². The highest BCUT2D eigenvalue weighted by Gasteiger charge is 2.10. The quantitative estimate of drug-likeness (QED) is 0.245. The third-order valence-electron chi connectivity index (χ3n) is 2.80. The van der Waals surface area contributed by atoms with Crippen LogP contribution in [0.2, 0.25) is 0 Å². The summed E-state index contributed by atoms with van der Waals surface area (Å²) in [5.74, 6) is 0. The number of unbranched alkanes of at least 4 members (excludes halogenated alkanes) is 9. The Labute approximate surface area is 135 Å². The van der Waals surface area contributed by atoms with Crippen molar-refractivity contribution in [3.05, 3.63) is 0 Å². The Morgan fingerprint density at radius 2 is 1.00 bits per heavy atom. The molecule has 130 valence electrons. The van der Waals surface area contributed by atoms with Gasteiger partial charge in [0.25, 0.3) is 0 Å². The van der Waals surface area contributed by atoms with Crippen molar-refractivity contribution in [1.82, 2.24) is 18.5 Å².